The van der Waals surface area contributed by atoms with Crippen LogP contribution in [0.5, 0.6) is 0 Å². The van der Waals surface area contributed by atoms with Crippen LogP contribution in [0.2, 0.25) is 0 Å². The van der Waals surface area contributed by atoms with Gasteiger partial charge >= 0.3 is 0 Å². The van der Waals surface area contributed by atoms with Gasteiger partial charge in [-0.1, -0.05) is 18.2 Å². The van der Waals surface area contributed by atoms with Crippen LogP contribution in [-0.2, 0) is 4.79 Å². The Kier molecular flexibility index (Phi) is 3.15. The number of hydrogen-bond donors (Lipinski definition) is 0. The summed E-state index contributed by atoms with van der Waals surface area (Å²) in [5, 5.41) is 0.793. The smallest absolute Gasteiger partial charge is 0.238 e. The van der Waals surface area contributed by atoms with Gasteiger partial charge in [0.1, 0.15) is 22.5 Å². The number of amides is 1. The second-order valence-corrected chi connectivity index (χ2v) is 6.16. The van der Waals surface area contributed by atoms with Crippen molar-refractivity contribution in [1.82, 2.24) is 0 Å². The third-order valence-electron chi connectivity index (χ3n) is 3.66. The average Bonchev–Trinajstić information content (AvgIpc) is 3.11. The van der Waals surface area contributed by atoms with Crippen molar-refractivity contribution >= 4 is 34.3 Å². The highest BCUT2D eigenvalue weighted by molar-refractivity contribution is 8.00. The SMILES string of the molecule is O=C1CS[C@@H](c2cc3ccccc3o2)N1c1ccc(F)cc1. The summed E-state index contributed by atoms with van der Waals surface area (Å²) in [6, 6.07) is 15.7. The average molecular weight is 313 g/mol. The molecule has 2 aromatic carbocycles. The van der Waals surface area contributed by atoms with Crippen LogP contribution in [-0.4, -0.2) is 11.7 Å². The Morgan fingerprint density at radius 2 is 1.91 bits per heavy atom. The van der Waals surface area contributed by atoms with Gasteiger partial charge in [-0.3, -0.25) is 9.69 Å². The molecular formula is C17H12FNO2S. The Labute approximate surface area is 130 Å². The number of furan rings is 1. The predicted octanol–water partition coefficient (Wildman–Crippen LogP) is 4.35. The third kappa shape index (κ3) is 2.18. The molecule has 1 saturated heterocycles. The molecular weight excluding hydrogens is 301 g/mol. The Hall–Kier alpha value is -2.27. The molecule has 0 unspecified atom stereocenters. The van der Waals surface area contributed by atoms with Crippen LogP contribution in [0.4, 0.5) is 10.1 Å². The van der Waals surface area contributed by atoms with Gasteiger partial charge in [0.2, 0.25) is 5.91 Å². The number of para-hydroxylation sites is 1. The molecule has 1 aromatic heterocycles. The van der Waals surface area contributed by atoms with Crippen molar-refractivity contribution in [1.29, 1.82) is 0 Å². The zero-order valence-electron chi connectivity index (χ0n) is 11.5. The van der Waals surface area contributed by atoms with Gasteiger partial charge in [0.05, 0.1) is 5.75 Å². The van der Waals surface area contributed by atoms with Crippen molar-refractivity contribution < 1.29 is 13.6 Å². The van der Waals surface area contributed by atoms with Crippen molar-refractivity contribution in [3.8, 4) is 0 Å². The van der Waals surface area contributed by atoms with Gasteiger partial charge in [0, 0.05) is 11.1 Å². The lowest BCUT2D eigenvalue weighted by atomic mass is 10.2. The molecule has 110 valence electrons. The minimum atomic E-state index is -0.316. The molecule has 0 bridgehead atoms. The first-order valence-corrected chi connectivity index (χ1v) is 7.95. The van der Waals surface area contributed by atoms with Gasteiger partial charge < -0.3 is 4.42 Å². The van der Waals surface area contributed by atoms with Crippen LogP contribution in [0.25, 0.3) is 11.0 Å². The second kappa shape index (κ2) is 5.18. The number of hydrogen-bond acceptors (Lipinski definition) is 3. The lowest BCUT2D eigenvalue weighted by molar-refractivity contribution is -0.115. The number of anilines is 1. The van der Waals surface area contributed by atoms with E-state index in [9.17, 15) is 9.18 Å². The summed E-state index contributed by atoms with van der Waals surface area (Å²) in [7, 11) is 0. The Morgan fingerprint density at radius 1 is 1.14 bits per heavy atom. The van der Waals surface area contributed by atoms with Crippen molar-refractivity contribution in [3.05, 3.63) is 66.2 Å². The van der Waals surface area contributed by atoms with Gasteiger partial charge in [-0.25, -0.2) is 4.39 Å². The maximum absolute atomic E-state index is 13.1. The van der Waals surface area contributed by atoms with Crippen molar-refractivity contribution in [3.63, 3.8) is 0 Å². The van der Waals surface area contributed by atoms with E-state index >= 15 is 0 Å². The van der Waals surface area contributed by atoms with E-state index < -0.39 is 0 Å². The fourth-order valence-electron chi connectivity index (χ4n) is 2.64. The number of halogens is 1. The summed E-state index contributed by atoms with van der Waals surface area (Å²) in [5.41, 5.74) is 1.48. The molecule has 1 amide bonds. The molecule has 0 spiro atoms. The number of nitrogens with zero attached hydrogens (tertiary/aromatic N) is 1. The van der Waals surface area contributed by atoms with E-state index in [0.29, 0.717) is 11.4 Å². The van der Waals surface area contributed by atoms with E-state index in [4.69, 9.17) is 4.42 Å². The summed E-state index contributed by atoms with van der Waals surface area (Å²) in [6.45, 7) is 0. The zero-order valence-corrected chi connectivity index (χ0v) is 12.3. The van der Waals surface area contributed by atoms with Crippen LogP contribution < -0.4 is 4.90 Å². The Morgan fingerprint density at radius 3 is 2.68 bits per heavy atom. The minimum Gasteiger partial charge on any atom is -0.458 e. The van der Waals surface area contributed by atoms with E-state index in [1.807, 2.05) is 30.3 Å². The monoisotopic (exact) mass is 313 g/mol. The zero-order chi connectivity index (χ0) is 15.1. The Balaban J connectivity index is 1.76. The summed E-state index contributed by atoms with van der Waals surface area (Å²) < 4.78 is 19.0. The fraction of sp³-hybridized carbons (Fsp3) is 0.118. The first-order valence-electron chi connectivity index (χ1n) is 6.90. The van der Waals surface area contributed by atoms with Crippen molar-refractivity contribution in [2.75, 3.05) is 10.7 Å². The standard InChI is InChI=1S/C17H12FNO2S/c18-12-5-7-13(8-6-12)19-16(20)10-22-17(19)15-9-11-3-1-2-4-14(11)21-15/h1-9,17H,10H2/t17-/m0/s1. The normalized spacial score (nSPS) is 18.3. The number of thioether (sulfide) groups is 1. The number of fused-ring (bicyclic) bond motifs is 1. The number of carbonyl (C=O) groups excluding carboxylic acids is 1. The van der Waals surface area contributed by atoms with E-state index in [0.717, 1.165) is 16.7 Å². The number of carbonyl (C=O) groups is 1. The highest BCUT2D eigenvalue weighted by Gasteiger charge is 2.36. The molecule has 1 atom stereocenters. The number of benzene rings is 2. The second-order valence-electron chi connectivity index (χ2n) is 5.09. The molecule has 5 heteroatoms. The van der Waals surface area contributed by atoms with Gasteiger partial charge in [0.25, 0.3) is 0 Å². The van der Waals surface area contributed by atoms with Crippen LogP contribution >= 0.6 is 11.8 Å². The predicted molar refractivity (Wildman–Crippen MR) is 85.3 cm³/mol. The van der Waals surface area contributed by atoms with E-state index in [-0.39, 0.29) is 17.1 Å². The lowest BCUT2D eigenvalue weighted by Crippen LogP contribution is -2.27. The lowest BCUT2D eigenvalue weighted by Gasteiger charge is -2.22. The molecule has 22 heavy (non-hydrogen) atoms. The Bertz CT molecular complexity index is 810. The van der Waals surface area contributed by atoms with Gasteiger partial charge in [-0.2, -0.15) is 0 Å². The topological polar surface area (TPSA) is 33.5 Å². The van der Waals surface area contributed by atoms with E-state index in [2.05, 4.69) is 0 Å². The summed E-state index contributed by atoms with van der Waals surface area (Å²) in [4.78, 5) is 13.9. The highest BCUT2D eigenvalue weighted by atomic mass is 32.2. The molecule has 2 heterocycles. The molecule has 4 rings (SSSR count). The highest BCUT2D eigenvalue weighted by Crippen LogP contribution is 2.43. The molecule has 1 aliphatic rings. The third-order valence-corrected chi connectivity index (χ3v) is 4.83. The van der Waals surface area contributed by atoms with Crippen LogP contribution in [0.3, 0.4) is 0 Å². The van der Waals surface area contributed by atoms with Crippen LogP contribution in [0, 0.1) is 5.82 Å². The molecule has 1 aliphatic heterocycles. The van der Waals surface area contributed by atoms with Gasteiger partial charge in [-0.05, 0) is 36.4 Å². The largest absolute Gasteiger partial charge is 0.458 e. The molecule has 1 fully saturated rings. The first kappa shape index (κ1) is 13.4. The maximum atomic E-state index is 13.1. The molecule has 3 nitrogen and oxygen atoms in total. The van der Waals surface area contributed by atoms with Crippen LogP contribution in [0.15, 0.2) is 59.0 Å². The minimum absolute atomic E-state index is 0.00191. The summed E-state index contributed by atoms with van der Waals surface area (Å²) in [5.74, 6) is 0.811. The molecule has 0 saturated carbocycles. The fourth-order valence-corrected chi connectivity index (χ4v) is 3.75. The number of rotatable bonds is 2. The molecule has 0 radical (unpaired) electrons. The first-order chi connectivity index (χ1) is 10.7. The summed E-state index contributed by atoms with van der Waals surface area (Å²) >= 11 is 1.51. The molecule has 0 aliphatic carbocycles. The molecule has 0 N–H and O–H groups in total. The van der Waals surface area contributed by atoms with E-state index in [1.54, 1.807) is 17.0 Å². The van der Waals surface area contributed by atoms with Gasteiger partial charge in [0.15, 0.2) is 0 Å². The van der Waals surface area contributed by atoms with Crippen molar-refractivity contribution in [2.45, 2.75) is 5.37 Å². The quantitative estimate of drug-likeness (QED) is 0.705. The van der Waals surface area contributed by atoms with Crippen LogP contribution in [0.1, 0.15) is 11.1 Å². The summed E-state index contributed by atoms with van der Waals surface area (Å²) in [6.07, 6.45) is 0. The van der Waals surface area contributed by atoms with E-state index in [1.165, 1.54) is 23.9 Å². The van der Waals surface area contributed by atoms with Gasteiger partial charge in [-0.15, -0.1) is 11.8 Å². The molecule has 3 aromatic rings. The maximum Gasteiger partial charge on any atom is 0.238 e. The van der Waals surface area contributed by atoms with Crippen molar-refractivity contribution in [2.24, 2.45) is 0 Å².